The van der Waals surface area contributed by atoms with Crippen LogP contribution in [0.3, 0.4) is 0 Å². The molecule has 0 aromatic heterocycles. The van der Waals surface area contributed by atoms with Crippen molar-refractivity contribution in [2.45, 2.75) is 38.3 Å². The van der Waals surface area contributed by atoms with Gasteiger partial charge in [-0.25, -0.2) is 4.79 Å². The van der Waals surface area contributed by atoms with Gasteiger partial charge in [-0.1, -0.05) is 13.8 Å². The Labute approximate surface area is 84.8 Å². The van der Waals surface area contributed by atoms with Gasteiger partial charge in [0, 0.05) is 19.1 Å². The van der Waals surface area contributed by atoms with Gasteiger partial charge in [0.05, 0.1) is 5.54 Å². The quantitative estimate of drug-likeness (QED) is 0.678. The third kappa shape index (κ3) is 1.71. The fraction of sp³-hybridized carbons (Fsp3) is 0.900. The molecule has 0 aromatic carbocycles. The number of nitrogens with two attached hydrogens (primary N) is 1. The summed E-state index contributed by atoms with van der Waals surface area (Å²) in [6.45, 7) is 5.61. The maximum atomic E-state index is 11.5. The van der Waals surface area contributed by atoms with Gasteiger partial charge in [0.25, 0.3) is 0 Å². The normalized spacial score (nSPS) is 24.7. The van der Waals surface area contributed by atoms with Gasteiger partial charge in [-0.3, -0.25) is 0 Å². The molecule has 2 rings (SSSR count). The summed E-state index contributed by atoms with van der Waals surface area (Å²) in [5.74, 6) is 0.437. The van der Waals surface area contributed by atoms with Crippen molar-refractivity contribution in [1.29, 1.82) is 0 Å². The van der Waals surface area contributed by atoms with Crippen molar-refractivity contribution < 1.29 is 4.79 Å². The third-order valence-corrected chi connectivity index (χ3v) is 3.31. The number of carbonyl (C=O) groups excluding carboxylic acids is 1. The summed E-state index contributed by atoms with van der Waals surface area (Å²) in [4.78, 5) is 13.3. The maximum Gasteiger partial charge on any atom is 0.317 e. The second-order valence-corrected chi connectivity index (χ2v) is 4.97. The molecule has 2 fully saturated rings. The third-order valence-electron chi connectivity index (χ3n) is 3.31. The van der Waals surface area contributed by atoms with E-state index in [0.29, 0.717) is 25.0 Å². The minimum Gasteiger partial charge on any atom is -0.335 e. The average molecular weight is 197 g/mol. The van der Waals surface area contributed by atoms with Crippen molar-refractivity contribution in [3.63, 3.8) is 0 Å². The summed E-state index contributed by atoms with van der Waals surface area (Å²) in [5.41, 5.74) is 5.95. The minimum atomic E-state index is -0.152. The molecule has 2 amide bonds. The number of nitrogens with zero attached hydrogens (tertiary/aromatic N) is 1. The Bertz CT molecular complexity index is 242. The Morgan fingerprint density at radius 3 is 2.50 bits per heavy atom. The van der Waals surface area contributed by atoms with Gasteiger partial charge >= 0.3 is 6.03 Å². The van der Waals surface area contributed by atoms with Crippen LogP contribution in [-0.4, -0.2) is 35.6 Å². The molecule has 1 saturated carbocycles. The Balaban J connectivity index is 1.78. The predicted molar refractivity (Wildman–Crippen MR) is 54.9 cm³/mol. The Morgan fingerprint density at radius 1 is 1.50 bits per heavy atom. The first kappa shape index (κ1) is 9.77. The summed E-state index contributed by atoms with van der Waals surface area (Å²) < 4.78 is 0. The molecular formula is C10H19N3O. The molecule has 0 atom stereocenters. The zero-order valence-electron chi connectivity index (χ0n) is 8.92. The van der Waals surface area contributed by atoms with Crippen LogP contribution >= 0.6 is 0 Å². The summed E-state index contributed by atoms with van der Waals surface area (Å²) in [5, 5.41) is 2.96. The lowest BCUT2D eigenvalue weighted by atomic mass is 9.80. The van der Waals surface area contributed by atoms with Crippen LogP contribution in [0.4, 0.5) is 4.79 Å². The molecule has 1 saturated heterocycles. The minimum absolute atomic E-state index is 0.0641. The topological polar surface area (TPSA) is 58.4 Å². The van der Waals surface area contributed by atoms with Gasteiger partial charge in [0.15, 0.2) is 0 Å². The van der Waals surface area contributed by atoms with Gasteiger partial charge in [-0.15, -0.1) is 0 Å². The molecule has 1 heterocycles. The van der Waals surface area contributed by atoms with E-state index < -0.39 is 0 Å². The summed E-state index contributed by atoms with van der Waals surface area (Å²) >= 11 is 0. The molecule has 80 valence electrons. The van der Waals surface area contributed by atoms with Crippen molar-refractivity contribution in [2.75, 3.05) is 13.1 Å². The Morgan fingerprint density at radius 2 is 2.07 bits per heavy atom. The van der Waals surface area contributed by atoms with E-state index in [9.17, 15) is 4.79 Å². The van der Waals surface area contributed by atoms with E-state index in [2.05, 4.69) is 19.2 Å². The van der Waals surface area contributed by atoms with Crippen LogP contribution in [0.5, 0.6) is 0 Å². The lowest BCUT2D eigenvalue weighted by Gasteiger charge is -2.50. The zero-order chi connectivity index (χ0) is 10.3. The fourth-order valence-electron chi connectivity index (χ4n) is 1.67. The molecule has 0 unspecified atom stereocenters. The van der Waals surface area contributed by atoms with E-state index in [1.165, 1.54) is 0 Å². The van der Waals surface area contributed by atoms with Gasteiger partial charge < -0.3 is 16.0 Å². The van der Waals surface area contributed by atoms with Crippen molar-refractivity contribution in [3.05, 3.63) is 0 Å². The molecule has 0 aromatic rings. The number of carbonyl (C=O) groups is 1. The van der Waals surface area contributed by atoms with Crippen molar-refractivity contribution in [1.82, 2.24) is 10.2 Å². The molecule has 0 radical (unpaired) electrons. The van der Waals surface area contributed by atoms with Crippen LogP contribution in [-0.2, 0) is 0 Å². The first-order valence-corrected chi connectivity index (χ1v) is 5.35. The summed E-state index contributed by atoms with van der Waals surface area (Å²) in [6.07, 6.45) is 2.27. The highest BCUT2D eigenvalue weighted by atomic mass is 16.2. The van der Waals surface area contributed by atoms with E-state index in [1.807, 2.05) is 0 Å². The first-order valence-electron chi connectivity index (χ1n) is 5.35. The predicted octanol–water partition coefficient (Wildman–Crippen LogP) is 0.527. The van der Waals surface area contributed by atoms with E-state index in [-0.39, 0.29) is 11.6 Å². The van der Waals surface area contributed by atoms with Crippen LogP contribution in [0.2, 0.25) is 0 Å². The first-order chi connectivity index (χ1) is 6.51. The van der Waals surface area contributed by atoms with Crippen LogP contribution in [0.25, 0.3) is 0 Å². The lowest BCUT2D eigenvalue weighted by molar-refractivity contribution is 0.0654. The lowest BCUT2D eigenvalue weighted by Crippen LogP contribution is -2.72. The molecular weight excluding hydrogens is 178 g/mol. The summed E-state index contributed by atoms with van der Waals surface area (Å²) in [7, 11) is 0. The molecule has 1 aliphatic heterocycles. The largest absolute Gasteiger partial charge is 0.335 e. The van der Waals surface area contributed by atoms with Crippen molar-refractivity contribution in [2.24, 2.45) is 11.7 Å². The van der Waals surface area contributed by atoms with Gasteiger partial charge in [0.2, 0.25) is 0 Å². The number of rotatable bonds is 2. The van der Waals surface area contributed by atoms with E-state index in [4.69, 9.17) is 5.73 Å². The average Bonchev–Trinajstić information content (AvgIpc) is 2.81. The number of urea groups is 1. The standard InChI is InChI=1S/C10H19N3O/c1-7(2)10(11)5-13(6-10)9(14)12-8-3-4-8/h7-8H,3-6,11H2,1-2H3,(H,12,14). The van der Waals surface area contributed by atoms with Gasteiger partial charge in [-0.2, -0.15) is 0 Å². The van der Waals surface area contributed by atoms with Crippen LogP contribution in [0.1, 0.15) is 26.7 Å². The van der Waals surface area contributed by atoms with Crippen molar-refractivity contribution in [3.8, 4) is 0 Å². The van der Waals surface area contributed by atoms with Crippen molar-refractivity contribution >= 4 is 6.03 Å². The highest BCUT2D eigenvalue weighted by molar-refractivity contribution is 5.76. The summed E-state index contributed by atoms with van der Waals surface area (Å²) in [6, 6.07) is 0.503. The molecule has 14 heavy (non-hydrogen) atoms. The Hall–Kier alpha value is -0.770. The van der Waals surface area contributed by atoms with Crippen LogP contribution < -0.4 is 11.1 Å². The van der Waals surface area contributed by atoms with Gasteiger partial charge in [-0.05, 0) is 18.8 Å². The Kier molecular flexibility index (Phi) is 2.18. The monoisotopic (exact) mass is 197 g/mol. The molecule has 0 spiro atoms. The van der Waals surface area contributed by atoms with E-state index >= 15 is 0 Å². The van der Waals surface area contributed by atoms with Gasteiger partial charge in [0.1, 0.15) is 0 Å². The van der Waals surface area contributed by atoms with Crippen LogP contribution in [0.15, 0.2) is 0 Å². The van der Waals surface area contributed by atoms with E-state index in [1.54, 1.807) is 4.90 Å². The highest BCUT2D eigenvalue weighted by Crippen LogP contribution is 2.27. The highest BCUT2D eigenvalue weighted by Gasteiger charge is 2.44. The van der Waals surface area contributed by atoms with Crippen LogP contribution in [0, 0.1) is 5.92 Å². The van der Waals surface area contributed by atoms with E-state index in [0.717, 1.165) is 12.8 Å². The molecule has 4 nitrogen and oxygen atoms in total. The second kappa shape index (κ2) is 3.12. The molecule has 0 bridgehead atoms. The smallest absolute Gasteiger partial charge is 0.317 e. The zero-order valence-corrected chi connectivity index (χ0v) is 8.92. The SMILES string of the molecule is CC(C)C1(N)CN(C(=O)NC2CC2)C1. The molecule has 4 heteroatoms. The molecule has 2 aliphatic rings. The second-order valence-electron chi connectivity index (χ2n) is 4.97. The fourth-order valence-corrected chi connectivity index (χ4v) is 1.67. The number of nitrogens with one attached hydrogen (secondary N) is 1. The number of hydrogen-bond acceptors (Lipinski definition) is 2. The number of hydrogen-bond donors (Lipinski definition) is 2. The maximum absolute atomic E-state index is 11.5. The number of amides is 2. The molecule has 1 aliphatic carbocycles. The molecule has 3 N–H and O–H groups in total. The number of likely N-dealkylation sites (tertiary alicyclic amines) is 1.